The van der Waals surface area contributed by atoms with E-state index >= 15 is 0 Å². The number of carbonyl (C=O) groups is 1. The lowest BCUT2D eigenvalue weighted by atomic mass is 10.1. The smallest absolute Gasteiger partial charge is 0.257 e. The molecule has 0 radical (unpaired) electrons. The number of amides is 1. The Bertz CT molecular complexity index is 440. The number of likely N-dealkylation sites (tertiary alicyclic amines) is 1. The topological polar surface area (TPSA) is 55.6 Å². The van der Waals surface area contributed by atoms with E-state index in [0.717, 1.165) is 6.42 Å². The van der Waals surface area contributed by atoms with Crippen LogP contribution in [0.3, 0.4) is 0 Å². The van der Waals surface area contributed by atoms with Gasteiger partial charge < -0.3 is 15.4 Å². The lowest BCUT2D eigenvalue weighted by Gasteiger charge is -2.17. The molecule has 0 aliphatic carbocycles. The SMILES string of the molecule is COc1cc(Cl)ccc1C(=O)N1CC[C@@H](N)C1.Cl. The van der Waals surface area contributed by atoms with Gasteiger partial charge in [0.2, 0.25) is 0 Å². The van der Waals surface area contributed by atoms with Crippen molar-refractivity contribution in [2.45, 2.75) is 12.5 Å². The van der Waals surface area contributed by atoms with E-state index in [1.807, 2.05) is 0 Å². The van der Waals surface area contributed by atoms with Gasteiger partial charge in [-0.05, 0) is 24.6 Å². The Morgan fingerprint density at radius 3 is 2.83 bits per heavy atom. The van der Waals surface area contributed by atoms with E-state index in [1.54, 1.807) is 23.1 Å². The predicted molar refractivity (Wildman–Crippen MR) is 73.7 cm³/mol. The van der Waals surface area contributed by atoms with Crippen LogP contribution in [-0.4, -0.2) is 37.0 Å². The molecule has 1 fully saturated rings. The monoisotopic (exact) mass is 290 g/mol. The summed E-state index contributed by atoms with van der Waals surface area (Å²) in [5.74, 6) is 0.453. The Morgan fingerprint density at radius 2 is 2.28 bits per heavy atom. The quantitative estimate of drug-likeness (QED) is 0.906. The van der Waals surface area contributed by atoms with Crippen LogP contribution in [0.5, 0.6) is 5.75 Å². The van der Waals surface area contributed by atoms with Crippen molar-refractivity contribution in [2.24, 2.45) is 5.73 Å². The van der Waals surface area contributed by atoms with Gasteiger partial charge in [-0.15, -0.1) is 12.4 Å². The van der Waals surface area contributed by atoms with Gasteiger partial charge in [-0.3, -0.25) is 4.79 Å². The molecule has 1 amide bonds. The van der Waals surface area contributed by atoms with E-state index in [-0.39, 0.29) is 24.4 Å². The van der Waals surface area contributed by atoms with E-state index in [4.69, 9.17) is 22.1 Å². The minimum Gasteiger partial charge on any atom is -0.496 e. The first-order valence-corrected chi connectivity index (χ1v) is 5.88. The Labute approximate surface area is 117 Å². The lowest BCUT2D eigenvalue weighted by Crippen LogP contribution is -2.32. The van der Waals surface area contributed by atoms with Crippen molar-refractivity contribution in [3.8, 4) is 5.75 Å². The van der Waals surface area contributed by atoms with Crippen LogP contribution in [0.15, 0.2) is 18.2 Å². The maximum Gasteiger partial charge on any atom is 0.257 e. The van der Waals surface area contributed by atoms with Crippen molar-refractivity contribution in [3.05, 3.63) is 28.8 Å². The summed E-state index contributed by atoms with van der Waals surface area (Å²) in [7, 11) is 1.53. The number of hydrogen-bond donors (Lipinski definition) is 1. The molecular weight excluding hydrogens is 275 g/mol. The molecular formula is C12H16Cl2N2O2. The normalized spacial score (nSPS) is 18.4. The molecule has 0 aromatic heterocycles. The first-order chi connectivity index (χ1) is 8.11. The number of benzene rings is 1. The highest BCUT2D eigenvalue weighted by atomic mass is 35.5. The Morgan fingerprint density at radius 1 is 1.56 bits per heavy atom. The third-order valence-electron chi connectivity index (χ3n) is 2.91. The molecule has 4 nitrogen and oxygen atoms in total. The molecule has 1 aliphatic heterocycles. The lowest BCUT2D eigenvalue weighted by molar-refractivity contribution is 0.0787. The molecule has 1 aliphatic rings. The summed E-state index contributed by atoms with van der Waals surface area (Å²) in [6, 6.07) is 5.10. The molecule has 1 aromatic carbocycles. The van der Waals surface area contributed by atoms with Gasteiger partial charge in [-0.25, -0.2) is 0 Å². The predicted octanol–water partition coefficient (Wildman–Crippen LogP) is 1.94. The van der Waals surface area contributed by atoms with Crippen LogP contribution in [0.2, 0.25) is 5.02 Å². The van der Waals surface area contributed by atoms with Gasteiger partial charge in [0.1, 0.15) is 5.75 Å². The average molecular weight is 291 g/mol. The molecule has 100 valence electrons. The molecule has 1 aromatic rings. The van der Waals surface area contributed by atoms with Crippen LogP contribution in [0.25, 0.3) is 0 Å². The third-order valence-corrected chi connectivity index (χ3v) is 3.14. The number of carbonyl (C=O) groups excluding carboxylic acids is 1. The van der Waals surface area contributed by atoms with Crippen LogP contribution in [-0.2, 0) is 0 Å². The van der Waals surface area contributed by atoms with Crippen molar-refractivity contribution in [2.75, 3.05) is 20.2 Å². The number of rotatable bonds is 2. The van der Waals surface area contributed by atoms with Crippen LogP contribution in [0.4, 0.5) is 0 Å². The molecule has 1 heterocycles. The molecule has 0 spiro atoms. The molecule has 2 N–H and O–H groups in total. The van der Waals surface area contributed by atoms with Crippen LogP contribution < -0.4 is 10.5 Å². The fourth-order valence-electron chi connectivity index (χ4n) is 1.98. The molecule has 1 saturated heterocycles. The molecule has 18 heavy (non-hydrogen) atoms. The fraction of sp³-hybridized carbons (Fsp3) is 0.417. The second kappa shape index (κ2) is 6.27. The maximum atomic E-state index is 12.2. The summed E-state index contributed by atoms with van der Waals surface area (Å²) in [6.07, 6.45) is 0.849. The van der Waals surface area contributed by atoms with Crippen molar-refractivity contribution in [1.29, 1.82) is 0 Å². The van der Waals surface area contributed by atoms with E-state index in [1.165, 1.54) is 7.11 Å². The molecule has 0 saturated carbocycles. The molecule has 0 unspecified atom stereocenters. The van der Waals surface area contributed by atoms with Crippen LogP contribution >= 0.6 is 24.0 Å². The van der Waals surface area contributed by atoms with Gasteiger partial charge in [0, 0.05) is 24.2 Å². The zero-order valence-corrected chi connectivity index (χ0v) is 11.6. The summed E-state index contributed by atoms with van der Waals surface area (Å²) in [5, 5.41) is 0.552. The van der Waals surface area contributed by atoms with Crippen LogP contribution in [0.1, 0.15) is 16.8 Å². The van der Waals surface area contributed by atoms with E-state index in [0.29, 0.717) is 29.4 Å². The number of ether oxygens (including phenoxy) is 1. The van der Waals surface area contributed by atoms with Crippen molar-refractivity contribution in [1.82, 2.24) is 4.90 Å². The Balaban J connectivity index is 0.00000162. The highest BCUT2D eigenvalue weighted by Gasteiger charge is 2.26. The Hall–Kier alpha value is -0.970. The number of nitrogens with zero attached hydrogens (tertiary/aromatic N) is 1. The first-order valence-electron chi connectivity index (χ1n) is 5.50. The minimum absolute atomic E-state index is 0. The highest BCUT2D eigenvalue weighted by Crippen LogP contribution is 2.25. The van der Waals surface area contributed by atoms with Gasteiger partial charge in [-0.1, -0.05) is 11.6 Å². The second-order valence-corrected chi connectivity index (χ2v) is 4.58. The van der Waals surface area contributed by atoms with Crippen molar-refractivity contribution >= 4 is 29.9 Å². The molecule has 0 bridgehead atoms. The van der Waals surface area contributed by atoms with E-state index < -0.39 is 0 Å². The first kappa shape index (κ1) is 15.1. The summed E-state index contributed by atoms with van der Waals surface area (Å²) in [4.78, 5) is 14.0. The average Bonchev–Trinajstić information content (AvgIpc) is 2.75. The summed E-state index contributed by atoms with van der Waals surface area (Å²) in [5.41, 5.74) is 6.32. The minimum atomic E-state index is -0.0496. The van der Waals surface area contributed by atoms with Gasteiger partial charge in [0.05, 0.1) is 12.7 Å². The van der Waals surface area contributed by atoms with Gasteiger partial charge in [-0.2, -0.15) is 0 Å². The van der Waals surface area contributed by atoms with Crippen molar-refractivity contribution in [3.63, 3.8) is 0 Å². The van der Waals surface area contributed by atoms with Crippen LogP contribution in [0, 0.1) is 0 Å². The zero-order valence-electron chi connectivity index (χ0n) is 10.1. The van der Waals surface area contributed by atoms with Gasteiger partial charge in [0.25, 0.3) is 5.91 Å². The summed E-state index contributed by atoms with van der Waals surface area (Å²) in [6.45, 7) is 1.30. The van der Waals surface area contributed by atoms with E-state index in [9.17, 15) is 4.79 Å². The number of nitrogens with two attached hydrogens (primary N) is 1. The van der Waals surface area contributed by atoms with E-state index in [2.05, 4.69) is 0 Å². The molecule has 6 heteroatoms. The highest BCUT2D eigenvalue weighted by molar-refractivity contribution is 6.30. The second-order valence-electron chi connectivity index (χ2n) is 4.14. The van der Waals surface area contributed by atoms with Crippen molar-refractivity contribution < 1.29 is 9.53 Å². The fourth-order valence-corrected chi connectivity index (χ4v) is 2.15. The number of methoxy groups -OCH3 is 1. The van der Waals surface area contributed by atoms with Gasteiger partial charge in [0.15, 0.2) is 0 Å². The number of hydrogen-bond acceptors (Lipinski definition) is 3. The number of halogens is 2. The molecule has 1 atom stereocenters. The maximum absolute atomic E-state index is 12.2. The largest absolute Gasteiger partial charge is 0.496 e. The zero-order chi connectivity index (χ0) is 12.4. The standard InChI is InChI=1S/C12H15ClN2O2.ClH/c1-17-11-6-8(13)2-3-10(11)12(16)15-5-4-9(14)7-15;/h2-3,6,9H,4-5,7,14H2,1H3;1H/t9-;/m1./s1. The summed E-state index contributed by atoms with van der Waals surface area (Å²) >= 11 is 5.86. The van der Waals surface area contributed by atoms with Gasteiger partial charge >= 0.3 is 0 Å². The Kier molecular flexibility index (Phi) is 5.26. The third kappa shape index (κ3) is 3.07. The summed E-state index contributed by atoms with van der Waals surface area (Å²) < 4.78 is 5.17. The molecule has 2 rings (SSSR count).